The van der Waals surface area contributed by atoms with E-state index in [1.807, 2.05) is 6.07 Å². The molecular formula is C17H19NO2S. The molecule has 0 radical (unpaired) electrons. The molecule has 3 rings (SSSR count). The van der Waals surface area contributed by atoms with E-state index >= 15 is 0 Å². The molecule has 1 N–H and O–H groups in total. The molecule has 0 aliphatic carbocycles. The molecule has 0 fully saturated rings. The number of benzene rings is 2. The Hall–Kier alpha value is -1.65. The van der Waals surface area contributed by atoms with Gasteiger partial charge >= 0.3 is 0 Å². The monoisotopic (exact) mass is 301 g/mol. The van der Waals surface area contributed by atoms with Crippen LogP contribution in [0.15, 0.2) is 52.3 Å². The summed E-state index contributed by atoms with van der Waals surface area (Å²) in [5.41, 5.74) is 2.35. The lowest BCUT2D eigenvalue weighted by molar-refractivity contribution is 0.241. The number of aliphatic hydroxyl groups excluding tert-OH is 1. The van der Waals surface area contributed by atoms with Crippen molar-refractivity contribution >= 4 is 23.1 Å². The number of para-hydroxylation sites is 1. The van der Waals surface area contributed by atoms with Gasteiger partial charge in [-0.1, -0.05) is 30.8 Å². The zero-order chi connectivity index (χ0) is 14.8. The maximum Gasteiger partial charge on any atom is 0.121 e. The average molecular weight is 301 g/mol. The fraction of sp³-hybridized carbons (Fsp3) is 0.294. The van der Waals surface area contributed by atoms with Crippen LogP contribution in [0.1, 0.15) is 6.92 Å². The molecule has 1 heterocycles. The van der Waals surface area contributed by atoms with Crippen LogP contribution < -0.4 is 9.64 Å². The highest BCUT2D eigenvalue weighted by atomic mass is 32.2. The van der Waals surface area contributed by atoms with Crippen molar-refractivity contribution in [1.82, 2.24) is 0 Å². The molecule has 1 aliphatic rings. The summed E-state index contributed by atoms with van der Waals surface area (Å²) >= 11 is 1.78. The molecule has 1 atom stereocenters. The topological polar surface area (TPSA) is 32.7 Å². The Morgan fingerprint density at radius 1 is 1.14 bits per heavy atom. The molecule has 2 aromatic rings. The SMILES string of the molecule is COc1ccc2c(c1)N(C[C@H](C)CO)c1ccccc1S2. The summed E-state index contributed by atoms with van der Waals surface area (Å²) in [4.78, 5) is 4.75. The van der Waals surface area contributed by atoms with Gasteiger partial charge in [-0.25, -0.2) is 0 Å². The maximum absolute atomic E-state index is 9.41. The number of aliphatic hydroxyl groups is 1. The lowest BCUT2D eigenvalue weighted by Gasteiger charge is -2.34. The van der Waals surface area contributed by atoms with Crippen molar-refractivity contribution in [3.8, 4) is 5.75 Å². The van der Waals surface area contributed by atoms with Crippen LogP contribution in [0.3, 0.4) is 0 Å². The van der Waals surface area contributed by atoms with Gasteiger partial charge < -0.3 is 14.7 Å². The number of fused-ring (bicyclic) bond motifs is 2. The third-order valence-corrected chi connectivity index (χ3v) is 4.77. The number of hydrogen-bond donors (Lipinski definition) is 1. The van der Waals surface area contributed by atoms with Crippen LogP contribution in [0.2, 0.25) is 0 Å². The summed E-state index contributed by atoms with van der Waals surface area (Å²) < 4.78 is 5.36. The number of ether oxygens (including phenoxy) is 1. The lowest BCUT2D eigenvalue weighted by Crippen LogP contribution is -2.27. The van der Waals surface area contributed by atoms with Gasteiger partial charge in [0.2, 0.25) is 0 Å². The maximum atomic E-state index is 9.41. The molecule has 0 saturated carbocycles. The van der Waals surface area contributed by atoms with Crippen molar-refractivity contribution in [1.29, 1.82) is 0 Å². The largest absolute Gasteiger partial charge is 0.497 e. The molecule has 21 heavy (non-hydrogen) atoms. The predicted molar refractivity (Wildman–Crippen MR) is 86.8 cm³/mol. The van der Waals surface area contributed by atoms with Crippen LogP contribution in [0.25, 0.3) is 0 Å². The molecule has 0 bridgehead atoms. The number of anilines is 2. The second-order valence-electron chi connectivity index (χ2n) is 5.30. The zero-order valence-corrected chi connectivity index (χ0v) is 13.1. The molecule has 0 unspecified atom stereocenters. The first-order valence-electron chi connectivity index (χ1n) is 7.06. The molecular weight excluding hydrogens is 282 g/mol. The average Bonchev–Trinajstić information content (AvgIpc) is 2.54. The minimum atomic E-state index is 0.186. The van der Waals surface area contributed by atoms with Crippen molar-refractivity contribution < 1.29 is 9.84 Å². The number of rotatable bonds is 4. The Kier molecular flexibility index (Phi) is 4.08. The fourth-order valence-corrected chi connectivity index (χ4v) is 3.58. The third-order valence-electron chi connectivity index (χ3n) is 3.64. The Balaban J connectivity index is 2.07. The van der Waals surface area contributed by atoms with E-state index in [0.717, 1.165) is 18.0 Å². The van der Waals surface area contributed by atoms with Crippen LogP contribution in [-0.4, -0.2) is 25.4 Å². The van der Waals surface area contributed by atoms with Crippen LogP contribution in [0.5, 0.6) is 5.75 Å². The van der Waals surface area contributed by atoms with Gasteiger partial charge in [0.05, 0.1) is 18.5 Å². The minimum absolute atomic E-state index is 0.186. The first-order valence-corrected chi connectivity index (χ1v) is 7.88. The number of hydrogen-bond acceptors (Lipinski definition) is 4. The van der Waals surface area contributed by atoms with Gasteiger partial charge in [0.1, 0.15) is 5.75 Å². The Morgan fingerprint density at radius 3 is 2.67 bits per heavy atom. The van der Waals surface area contributed by atoms with Crippen molar-refractivity contribution in [2.45, 2.75) is 16.7 Å². The first kappa shape index (κ1) is 14.3. The van der Waals surface area contributed by atoms with Gasteiger partial charge in [-0.15, -0.1) is 0 Å². The molecule has 110 valence electrons. The molecule has 0 aromatic heterocycles. The summed E-state index contributed by atoms with van der Waals surface area (Å²) in [5.74, 6) is 1.07. The van der Waals surface area contributed by atoms with E-state index in [1.165, 1.54) is 15.5 Å². The zero-order valence-electron chi connectivity index (χ0n) is 12.2. The molecule has 4 heteroatoms. The smallest absolute Gasteiger partial charge is 0.121 e. The van der Waals surface area contributed by atoms with Gasteiger partial charge in [-0.3, -0.25) is 0 Å². The lowest BCUT2D eigenvalue weighted by atomic mass is 10.1. The first-order chi connectivity index (χ1) is 10.2. The van der Waals surface area contributed by atoms with E-state index < -0.39 is 0 Å². The molecule has 0 spiro atoms. The quantitative estimate of drug-likeness (QED) is 0.927. The number of nitrogens with zero attached hydrogens (tertiary/aromatic N) is 1. The highest BCUT2D eigenvalue weighted by Gasteiger charge is 2.24. The van der Waals surface area contributed by atoms with Gasteiger partial charge in [-0.05, 0) is 30.2 Å². The fourth-order valence-electron chi connectivity index (χ4n) is 2.50. The van der Waals surface area contributed by atoms with E-state index in [1.54, 1.807) is 18.9 Å². The highest BCUT2D eigenvalue weighted by molar-refractivity contribution is 7.99. The van der Waals surface area contributed by atoms with Crippen molar-refractivity contribution in [2.75, 3.05) is 25.2 Å². The van der Waals surface area contributed by atoms with Crippen LogP contribution in [0, 0.1) is 5.92 Å². The minimum Gasteiger partial charge on any atom is -0.497 e. The second kappa shape index (κ2) is 6.00. The summed E-state index contributed by atoms with van der Waals surface area (Å²) in [6, 6.07) is 14.6. The number of methoxy groups -OCH3 is 1. The molecule has 3 nitrogen and oxygen atoms in total. The molecule has 1 aliphatic heterocycles. The van der Waals surface area contributed by atoms with Crippen LogP contribution in [-0.2, 0) is 0 Å². The molecule has 0 saturated heterocycles. The molecule has 0 amide bonds. The van der Waals surface area contributed by atoms with Gasteiger partial charge in [0.15, 0.2) is 0 Å². The Bertz CT molecular complexity index is 644. The summed E-state index contributed by atoms with van der Waals surface area (Å²) in [6.45, 7) is 3.03. The van der Waals surface area contributed by atoms with E-state index in [-0.39, 0.29) is 12.5 Å². The second-order valence-corrected chi connectivity index (χ2v) is 6.39. The van der Waals surface area contributed by atoms with Gasteiger partial charge in [0.25, 0.3) is 0 Å². The van der Waals surface area contributed by atoms with E-state index in [9.17, 15) is 5.11 Å². The predicted octanol–water partition coefficient (Wildman–Crippen LogP) is 3.93. The van der Waals surface area contributed by atoms with Gasteiger partial charge in [-0.2, -0.15) is 0 Å². The van der Waals surface area contributed by atoms with Gasteiger partial charge in [0, 0.05) is 29.0 Å². The normalized spacial score (nSPS) is 14.3. The Morgan fingerprint density at radius 2 is 1.90 bits per heavy atom. The van der Waals surface area contributed by atoms with Crippen molar-refractivity contribution in [2.24, 2.45) is 5.92 Å². The van der Waals surface area contributed by atoms with E-state index in [0.29, 0.717) is 0 Å². The molecule has 2 aromatic carbocycles. The van der Waals surface area contributed by atoms with Crippen molar-refractivity contribution in [3.05, 3.63) is 42.5 Å². The highest BCUT2D eigenvalue weighted by Crippen LogP contribution is 2.49. The standard InChI is InChI=1S/C17H19NO2S/c1-12(11-19)10-18-14-5-3-4-6-16(14)21-17-8-7-13(20-2)9-15(17)18/h3-9,12,19H,10-11H2,1-2H3/t12-/m0/s1. The third kappa shape index (κ3) is 2.74. The van der Waals surface area contributed by atoms with Crippen LogP contribution >= 0.6 is 11.8 Å². The van der Waals surface area contributed by atoms with E-state index in [2.05, 4.69) is 48.2 Å². The van der Waals surface area contributed by atoms with Crippen molar-refractivity contribution in [3.63, 3.8) is 0 Å². The Labute approximate surface area is 129 Å². The van der Waals surface area contributed by atoms with Crippen LogP contribution in [0.4, 0.5) is 11.4 Å². The summed E-state index contributed by atoms with van der Waals surface area (Å²) in [5, 5.41) is 9.41. The summed E-state index contributed by atoms with van der Waals surface area (Å²) in [7, 11) is 1.69. The van der Waals surface area contributed by atoms with E-state index in [4.69, 9.17) is 4.74 Å². The summed E-state index contributed by atoms with van der Waals surface area (Å²) in [6.07, 6.45) is 0.